The lowest BCUT2D eigenvalue weighted by atomic mass is 10.0. The fraction of sp³-hybridized carbons (Fsp3) is 0.714. The van der Waals surface area contributed by atoms with Gasteiger partial charge in [0.15, 0.2) is 0 Å². The highest BCUT2D eigenvalue weighted by atomic mass is 32.2. The van der Waals surface area contributed by atoms with Crippen molar-refractivity contribution in [2.24, 2.45) is 5.92 Å². The van der Waals surface area contributed by atoms with E-state index in [4.69, 9.17) is 4.42 Å². The van der Waals surface area contributed by atoms with Crippen LogP contribution in [0.5, 0.6) is 0 Å². The van der Waals surface area contributed by atoms with E-state index in [1.165, 1.54) is 13.1 Å². The summed E-state index contributed by atoms with van der Waals surface area (Å²) in [5.41, 5.74) is 0. The van der Waals surface area contributed by atoms with Crippen LogP contribution in [0.3, 0.4) is 0 Å². The van der Waals surface area contributed by atoms with Gasteiger partial charge in [0.25, 0.3) is 10.0 Å². The number of sulfonamides is 1. The van der Waals surface area contributed by atoms with Crippen LogP contribution in [0.2, 0.25) is 0 Å². The van der Waals surface area contributed by atoms with Gasteiger partial charge in [-0.05, 0) is 45.6 Å². The van der Waals surface area contributed by atoms with Crippen LogP contribution in [0, 0.1) is 5.92 Å². The normalized spacial score (nSPS) is 14.0. The zero-order chi connectivity index (χ0) is 16.0. The molecule has 7 heteroatoms. The lowest BCUT2D eigenvalue weighted by molar-refractivity contribution is 0.244. The lowest BCUT2D eigenvalue weighted by Crippen LogP contribution is -2.38. The Morgan fingerprint density at radius 1 is 1.29 bits per heavy atom. The van der Waals surface area contributed by atoms with E-state index in [2.05, 4.69) is 42.9 Å². The predicted octanol–water partition coefficient (Wildman–Crippen LogP) is 1.25. The summed E-state index contributed by atoms with van der Waals surface area (Å²) in [5.74, 6) is 1.25. The molecule has 1 rings (SSSR count). The highest BCUT2D eigenvalue weighted by Gasteiger charge is 2.17. The number of rotatable bonds is 9. The van der Waals surface area contributed by atoms with Gasteiger partial charge in [0.2, 0.25) is 5.09 Å². The molecule has 122 valence electrons. The number of hydrogen-bond donors (Lipinski definition) is 2. The van der Waals surface area contributed by atoms with Gasteiger partial charge in [0.05, 0.1) is 6.54 Å². The van der Waals surface area contributed by atoms with Gasteiger partial charge >= 0.3 is 0 Å². The minimum atomic E-state index is -3.50. The number of likely N-dealkylation sites (N-methyl/N-ethyl adjacent to an activating group) is 1. The van der Waals surface area contributed by atoms with Crippen molar-refractivity contribution in [3.63, 3.8) is 0 Å². The van der Waals surface area contributed by atoms with Crippen molar-refractivity contribution in [2.45, 2.75) is 37.9 Å². The van der Waals surface area contributed by atoms with Gasteiger partial charge in [0, 0.05) is 12.6 Å². The van der Waals surface area contributed by atoms with Gasteiger partial charge in [-0.15, -0.1) is 0 Å². The summed E-state index contributed by atoms with van der Waals surface area (Å²) in [6.45, 7) is 5.76. The van der Waals surface area contributed by atoms with Crippen LogP contribution in [0.25, 0.3) is 0 Å². The first-order valence-electron chi connectivity index (χ1n) is 7.15. The Bertz CT molecular complexity index is 523. The molecule has 1 aromatic rings. The van der Waals surface area contributed by atoms with Gasteiger partial charge in [0.1, 0.15) is 5.76 Å². The maximum absolute atomic E-state index is 11.6. The summed E-state index contributed by atoms with van der Waals surface area (Å²) in [4.78, 5) is 2.20. The Labute approximate surface area is 127 Å². The minimum Gasteiger partial charge on any atom is -0.447 e. The Hall–Kier alpha value is -0.890. The molecule has 0 spiro atoms. The van der Waals surface area contributed by atoms with Crippen LogP contribution in [0.15, 0.2) is 21.6 Å². The molecular weight excluding hydrogens is 290 g/mol. The summed E-state index contributed by atoms with van der Waals surface area (Å²) in [7, 11) is 2.00. The number of hydrogen-bond acceptors (Lipinski definition) is 5. The Morgan fingerprint density at radius 2 is 1.95 bits per heavy atom. The fourth-order valence-electron chi connectivity index (χ4n) is 2.08. The van der Waals surface area contributed by atoms with Crippen molar-refractivity contribution in [1.82, 2.24) is 14.9 Å². The van der Waals surface area contributed by atoms with Crippen LogP contribution in [-0.4, -0.2) is 47.0 Å². The van der Waals surface area contributed by atoms with E-state index in [0.717, 1.165) is 13.0 Å². The summed E-state index contributed by atoms with van der Waals surface area (Å²) in [6, 6.07) is 3.60. The van der Waals surface area contributed by atoms with Crippen LogP contribution in [0.1, 0.15) is 26.0 Å². The van der Waals surface area contributed by atoms with Gasteiger partial charge < -0.3 is 14.6 Å². The third kappa shape index (κ3) is 5.78. The second-order valence-electron chi connectivity index (χ2n) is 5.81. The second kappa shape index (κ2) is 7.93. The molecule has 1 atom stereocenters. The highest BCUT2D eigenvalue weighted by molar-refractivity contribution is 7.89. The molecule has 0 aliphatic carbocycles. The standard InChI is InChI=1S/C14H27N3O3S/c1-11(2)8-12(17(4)5)9-16-10-13-6-7-14(20-13)21(18,19)15-3/h6-7,11-12,15-16H,8-10H2,1-5H3. The predicted molar refractivity (Wildman–Crippen MR) is 83.6 cm³/mol. The lowest BCUT2D eigenvalue weighted by Gasteiger charge is -2.26. The molecular formula is C14H27N3O3S. The fourth-order valence-corrected chi connectivity index (χ4v) is 2.75. The third-order valence-corrected chi connectivity index (χ3v) is 4.61. The summed E-state index contributed by atoms with van der Waals surface area (Å²) >= 11 is 0. The maximum Gasteiger partial charge on any atom is 0.273 e. The largest absolute Gasteiger partial charge is 0.447 e. The van der Waals surface area contributed by atoms with Crippen molar-refractivity contribution < 1.29 is 12.8 Å². The second-order valence-corrected chi connectivity index (χ2v) is 7.62. The molecule has 21 heavy (non-hydrogen) atoms. The number of nitrogens with zero attached hydrogens (tertiary/aromatic N) is 1. The Morgan fingerprint density at radius 3 is 2.48 bits per heavy atom. The molecule has 6 nitrogen and oxygen atoms in total. The SMILES string of the molecule is CNS(=O)(=O)c1ccc(CNCC(CC(C)C)N(C)C)o1. The van der Waals surface area contributed by atoms with E-state index >= 15 is 0 Å². The van der Waals surface area contributed by atoms with Gasteiger partial charge in [-0.25, -0.2) is 13.1 Å². The van der Waals surface area contributed by atoms with Crippen LogP contribution < -0.4 is 10.0 Å². The van der Waals surface area contributed by atoms with Gasteiger partial charge in [-0.2, -0.15) is 0 Å². The first-order chi connectivity index (χ1) is 9.76. The maximum atomic E-state index is 11.6. The smallest absolute Gasteiger partial charge is 0.273 e. The average Bonchev–Trinajstić information content (AvgIpc) is 2.86. The quantitative estimate of drug-likeness (QED) is 0.717. The molecule has 1 aromatic heterocycles. The molecule has 0 aliphatic heterocycles. The van der Waals surface area contributed by atoms with Gasteiger partial charge in [-0.1, -0.05) is 13.8 Å². The van der Waals surface area contributed by atoms with E-state index in [1.54, 1.807) is 6.07 Å². The minimum absolute atomic E-state index is 0.0480. The van der Waals surface area contributed by atoms with Crippen LogP contribution in [0.4, 0.5) is 0 Å². The highest BCUT2D eigenvalue weighted by Crippen LogP contribution is 2.13. The monoisotopic (exact) mass is 317 g/mol. The Kier molecular flexibility index (Phi) is 6.86. The molecule has 1 heterocycles. The van der Waals surface area contributed by atoms with Crippen molar-refractivity contribution in [2.75, 3.05) is 27.7 Å². The summed E-state index contributed by atoms with van der Waals surface area (Å²) in [6.07, 6.45) is 1.11. The molecule has 0 radical (unpaired) electrons. The summed E-state index contributed by atoms with van der Waals surface area (Å²) < 4.78 is 30.7. The number of nitrogens with one attached hydrogen (secondary N) is 2. The molecule has 0 aliphatic rings. The molecule has 0 saturated heterocycles. The average molecular weight is 317 g/mol. The number of furan rings is 1. The van der Waals surface area contributed by atoms with Gasteiger partial charge in [-0.3, -0.25) is 0 Å². The van der Waals surface area contributed by atoms with Crippen molar-refractivity contribution >= 4 is 10.0 Å². The molecule has 0 bridgehead atoms. The molecule has 0 fully saturated rings. The Balaban J connectivity index is 2.52. The van der Waals surface area contributed by atoms with E-state index in [-0.39, 0.29) is 5.09 Å². The van der Waals surface area contributed by atoms with Crippen LogP contribution in [-0.2, 0) is 16.6 Å². The first-order valence-corrected chi connectivity index (χ1v) is 8.64. The van der Waals surface area contributed by atoms with Crippen molar-refractivity contribution in [3.8, 4) is 0 Å². The van der Waals surface area contributed by atoms with Crippen LogP contribution >= 0.6 is 0 Å². The molecule has 2 N–H and O–H groups in total. The third-order valence-electron chi connectivity index (χ3n) is 3.32. The first kappa shape index (κ1) is 18.2. The molecule has 0 saturated carbocycles. The van der Waals surface area contributed by atoms with E-state index < -0.39 is 10.0 Å². The zero-order valence-electron chi connectivity index (χ0n) is 13.5. The molecule has 0 amide bonds. The van der Waals surface area contributed by atoms with E-state index in [1.807, 2.05) is 0 Å². The summed E-state index contributed by atoms with van der Waals surface area (Å²) in [5, 5.41) is 3.27. The van der Waals surface area contributed by atoms with E-state index in [9.17, 15) is 8.42 Å². The van der Waals surface area contributed by atoms with Crippen molar-refractivity contribution in [1.29, 1.82) is 0 Å². The zero-order valence-corrected chi connectivity index (χ0v) is 14.3. The topological polar surface area (TPSA) is 74.6 Å². The molecule has 1 unspecified atom stereocenters. The van der Waals surface area contributed by atoms with E-state index in [0.29, 0.717) is 24.3 Å². The van der Waals surface area contributed by atoms with Crippen molar-refractivity contribution in [3.05, 3.63) is 17.9 Å². The molecule has 0 aromatic carbocycles.